The smallest absolute Gasteiger partial charge is 0.252 e. The largest absolute Gasteiger partial charge is 0.496 e. The normalized spacial score (nSPS) is 15.6. The maximum Gasteiger partial charge on any atom is 0.252 e. The Balaban J connectivity index is 1.63. The van der Waals surface area contributed by atoms with Gasteiger partial charge in [0.2, 0.25) is 0 Å². The number of nitrogens with two attached hydrogens (primary N) is 1. The van der Waals surface area contributed by atoms with E-state index < -0.39 is 17.9 Å². The number of fused-ring (bicyclic) bond motifs is 1. The molecule has 0 bridgehead atoms. The number of benzene rings is 2. The number of carbonyl (C=O) groups excluding carboxylic acids is 1. The molecular weight excluding hydrogens is 472 g/mol. The standard InChI is InChI=1S/C23H20ClF2N3O3S/c1-31-19-10-16-14(9-15(19)23(27)30)17(4-6-28-16)32-18-3-2-12(21(24)22(18)26)8-20(33)29-7-5-13(25)11-29/h2-4,6,9-10,13H,5,7-8,11H2,1H3,(H2,27,30). The van der Waals surface area contributed by atoms with E-state index in [4.69, 9.17) is 39.0 Å². The predicted octanol–water partition coefficient (Wildman–Crippen LogP) is 4.84. The Bertz CT molecular complexity index is 1260. The molecule has 0 saturated carbocycles. The Kier molecular flexibility index (Phi) is 6.62. The van der Waals surface area contributed by atoms with Crippen LogP contribution in [0, 0.1) is 5.82 Å². The molecule has 1 unspecified atom stereocenters. The third-order valence-corrected chi connectivity index (χ3v) is 6.27. The van der Waals surface area contributed by atoms with E-state index in [0.717, 1.165) is 0 Å². The van der Waals surface area contributed by atoms with Crippen LogP contribution in [0.2, 0.25) is 5.02 Å². The number of alkyl halides is 1. The van der Waals surface area contributed by atoms with Crippen molar-refractivity contribution in [1.82, 2.24) is 9.88 Å². The number of likely N-dealkylation sites (tertiary alicyclic amines) is 1. The number of aromatic nitrogens is 1. The predicted molar refractivity (Wildman–Crippen MR) is 126 cm³/mol. The minimum Gasteiger partial charge on any atom is -0.496 e. The Morgan fingerprint density at radius 3 is 2.76 bits per heavy atom. The number of halogens is 3. The van der Waals surface area contributed by atoms with Gasteiger partial charge in [-0.3, -0.25) is 9.78 Å². The molecule has 172 valence electrons. The van der Waals surface area contributed by atoms with Gasteiger partial charge in [0.15, 0.2) is 11.6 Å². The van der Waals surface area contributed by atoms with E-state index in [-0.39, 0.29) is 40.8 Å². The number of hydrogen-bond acceptors (Lipinski definition) is 5. The van der Waals surface area contributed by atoms with Crippen molar-refractivity contribution in [2.75, 3.05) is 20.2 Å². The molecule has 1 fully saturated rings. The molecule has 6 nitrogen and oxygen atoms in total. The van der Waals surface area contributed by atoms with Crippen LogP contribution in [0.25, 0.3) is 10.9 Å². The number of ether oxygens (including phenoxy) is 2. The maximum absolute atomic E-state index is 15.1. The number of rotatable bonds is 6. The molecule has 0 aliphatic carbocycles. The number of hydrogen-bond donors (Lipinski definition) is 1. The molecule has 1 aliphatic rings. The first-order valence-electron chi connectivity index (χ1n) is 10.1. The van der Waals surface area contributed by atoms with Crippen molar-refractivity contribution in [2.24, 2.45) is 5.73 Å². The lowest BCUT2D eigenvalue weighted by Crippen LogP contribution is -2.28. The van der Waals surface area contributed by atoms with Crippen LogP contribution in [0.5, 0.6) is 17.2 Å². The Morgan fingerprint density at radius 2 is 2.09 bits per heavy atom. The minimum absolute atomic E-state index is 0.108. The van der Waals surface area contributed by atoms with Gasteiger partial charge in [0.25, 0.3) is 5.91 Å². The molecule has 2 heterocycles. The van der Waals surface area contributed by atoms with Gasteiger partial charge in [-0.2, -0.15) is 0 Å². The lowest BCUT2D eigenvalue weighted by atomic mass is 10.1. The number of thiocarbonyl (C=S) groups is 1. The molecule has 1 saturated heterocycles. The molecule has 1 aromatic heterocycles. The van der Waals surface area contributed by atoms with Crippen LogP contribution in [0.4, 0.5) is 8.78 Å². The third kappa shape index (κ3) is 4.69. The van der Waals surface area contributed by atoms with Gasteiger partial charge in [0.05, 0.1) is 28.2 Å². The molecule has 1 amide bonds. The summed E-state index contributed by atoms with van der Waals surface area (Å²) in [4.78, 5) is 18.3. The van der Waals surface area contributed by atoms with Crippen LogP contribution in [0.3, 0.4) is 0 Å². The topological polar surface area (TPSA) is 77.7 Å². The third-order valence-electron chi connectivity index (χ3n) is 5.46. The molecule has 10 heteroatoms. The number of primary amides is 1. The molecule has 0 spiro atoms. The first-order chi connectivity index (χ1) is 15.8. The number of methoxy groups -OCH3 is 1. The molecule has 33 heavy (non-hydrogen) atoms. The number of nitrogens with zero attached hydrogens (tertiary/aromatic N) is 2. The van der Waals surface area contributed by atoms with Crippen molar-refractivity contribution in [3.63, 3.8) is 0 Å². The second-order valence-corrected chi connectivity index (χ2v) is 8.45. The van der Waals surface area contributed by atoms with E-state index in [9.17, 15) is 9.18 Å². The van der Waals surface area contributed by atoms with Crippen LogP contribution < -0.4 is 15.2 Å². The highest BCUT2D eigenvalue weighted by Gasteiger charge is 2.25. The highest BCUT2D eigenvalue weighted by molar-refractivity contribution is 7.80. The quantitative estimate of drug-likeness (QED) is 0.497. The molecule has 2 N–H and O–H groups in total. The summed E-state index contributed by atoms with van der Waals surface area (Å²) in [5, 5.41) is 0.325. The van der Waals surface area contributed by atoms with Gasteiger partial charge in [-0.05, 0) is 30.2 Å². The minimum atomic E-state index is -0.906. The highest BCUT2D eigenvalue weighted by atomic mass is 35.5. The second kappa shape index (κ2) is 9.44. The SMILES string of the molecule is COc1cc2nccc(Oc3ccc(CC(=S)N4CCC(F)C4)c(Cl)c3F)c2cc1C(N)=O. The molecule has 1 atom stereocenters. The summed E-state index contributed by atoms with van der Waals surface area (Å²) >= 11 is 11.7. The van der Waals surface area contributed by atoms with Gasteiger partial charge >= 0.3 is 0 Å². The summed E-state index contributed by atoms with van der Waals surface area (Å²) in [6.07, 6.45) is 1.23. The van der Waals surface area contributed by atoms with E-state index in [0.29, 0.717) is 34.4 Å². The average Bonchev–Trinajstić information content (AvgIpc) is 3.24. The van der Waals surface area contributed by atoms with Gasteiger partial charge in [-0.25, -0.2) is 8.78 Å². The van der Waals surface area contributed by atoms with Crippen molar-refractivity contribution in [3.05, 3.63) is 58.5 Å². The molecular formula is C23H20ClF2N3O3S. The Labute approximate surface area is 199 Å². The lowest BCUT2D eigenvalue weighted by Gasteiger charge is -2.19. The average molecular weight is 492 g/mol. The second-order valence-electron chi connectivity index (χ2n) is 7.60. The fourth-order valence-corrected chi connectivity index (χ4v) is 4.27. The zero-order valence-corrected chi connectivity index (χ0v) is 19.2. The fourth-order valence-electron chi connectivity index (χ4n) is 3.72. The van der Waals surface area contributed by atoms with Crippen molar-refractivity contribution in [2.45, 2.75) is 19.0 Å². The van der Waals surface area contributed by atoms with Crippen LogP contribution in [0.15, 0.2) is 36.5 Å². The van der Waals surface area contributed by atoms with E-state index in [1.165, 1.54) is 31.5 Å². The molecule has 4 rings (SSSR count). The number of pyridine rings is 1. The molecule has 0 radical (unpaired) electrons. The summed E-state index contributed by atoms with van der Waals surface area (Å²) < 4.78 is 39.5. The molecule has 1 aliphatic heterocycles. The van der Waals surface area contributed by atoms with Crippen LogP contribution in [-0.4, -0.2) is 47.2 Å². The monoisotopic (exact) mass is 491 g/mol. The van der Waals surface area contributed by atoms with E-state index in [1.807, 2.05) is 0 Å². The van der Waals surface area contributed by atoms with Gasteiger partial charge in [-0.1, -0.05) is 29.9 Å². The van der Waals surface area contributed by atoms with Gasteiger partial charge in [-0.15, -0.1) is 0 Å². The first-order valence-corrected chi connectivity index (χ1v) is 10.9. The van der Waals surface area contributed by atoms with Crippen molar-refractivity contribution in [3.8, 4) is 17.2 Å². The van der Waals surface area contributed by atoms with Crippen molar-refractivity contribution in [1.29, 1.82) is 0 Å². The number of amides is 1. The van der Waals surface area contributed by atoms with Gasteiger partial charge < -0.3 is 20.1 Å². The summed E-state index contributed by atoms with van der Waals surface area (Å²) in [6.45, 7) is 0.780. The first kappa shape index (κ1) is 23.1. The highest BCUT2D eigenvalue weighted by Crippen LogP contribution is 2.36. The summed E-state index contributed by atoms with van der Waals surface area (Å²) in [7, 11) is 1.41. The van der Waals surface area contributed by atoms with Gasteiger partial charge in [0, 0.05) is 37.2 Å². The van der Waals surface area contributed by atoms with E-state index >= 15 is 4.39 Å². The summed E-state index contributed by atoms with van der Waals surface area (Å²) in [5.41, 5.74) is 6.54. The molecule has 3 aromatic rings. The zero-order chi connectivity index (χ0) is 23.7. The van der Waals surface area contributed by atoms with Crippen LogP contribution >= 0.6 is 23.8 Å². The van der Waals surface area contributed by atoms with E-state index in [1.54, 1.807) is 17.0 Å². The fraction of sp³-hybridized carbons (Fsp3) is 0.261. The summed E-state index contributed by atoms with van der Waals surface area (Å²) in [5.74, 6) is -1.02. The van der Waals surface area contributed by atoms with E-state index in [2.05, 4.69) is 4.98 Å². The zero-order valence-electron chi connectivity index (χ0n) is 17.6. The maximum atomic E-state index is 15.1. The number of carbonyl (C=O) groups is 1. The van der Waals surface area contributed by atoms with Crippen LogP contribution in [-0.2, 0) is 6.42 Å². The van der Waals surface area contributed by atoms with Crippen molar-refractivity contribution >= 4 is 45.6 Å². The van der Waals surface area contributed by atoms with Crippen molar-refractivity contribution < 1.29 is 23.0 Å². The Hall–Kier alpha value is -3.04. The summed E-state index contributed by atoms with van der Waals surface area (Å²) in [6, 6.07) is 7.65. The Morgan fingerprint density at radius 1 is 1.30 bits per heavy atom. The lowest BCUT2D eigenvalue weighted by molar-refractivity contribution is 0.0997. The van der Waals surface area contributed by atoms with Gasteiger partial charge in [0.1, 0.15) is 17.7 Å². The van der Waals surface area contributed by atoms with Crippen LogP contribution in [0.1, 0.15) is 22.3 Å². The molecule has 2 aromatic carbocycles.